The van der Waals surface area contributed by atoms with Crippen LogP contribution in [0.2, 0.25) is 5.02 Å². The fourth-order valence-corrected chi connectivity index (χ4v) is 3.00. The number of nitrogens with zero attached hydrogens (tertiary/aromatic N) is 2. The van der Waals surface area contributed by atoms with Gasteiger partial charge in [0.2, 0.25) is 5.91 Å². The lowest BCUT2D eigenvalue weighted by molar-refractivity contribution is -0.166. The first-order chi connectivity index (χ1) is 10.8. The van der Waals surface area contributed by atoms with Crippen molar-refractivity contribution in [3.8, 4) is 0 Å². The molecule has 1 heterocycles. The fourth-order valence-electron chi connectivity index (χ4n) is 2.79. The maximum atomic E-state index is 14.2. The molecule has 2 rings (SSSR count). The van der Waals surface area contributed by atoms with E-state index in [2.05, 4.69) is 0 Å². The van der Waals surface area contributed by atoms with Crippen LogP contribution in [0.3, 0.4) is 0 Å². The molecule has 1 aromatic rings. The number of hydrogen-bond acceptors (Lipinski definition) is 4. The zero-order chi connectivity index (χ0) is 17.2. The number of halogens is 2. The van der Waals surface area contributed by atoms with Crippen LogP contribution in [-0.2, 0) is 16.1 Å². The highest BCUT2D eigenvalue weighted by molar-refractivity contribution is 6.31. The van der Waals surface area contributed by atoms with Crippen molar-refractivity contribution < 1.29 is 14.0 Å². The normalized spacial score (nSPS) is 18.0. The Balaban J connectivity index is 2.11. The van der Waals surface area contributed by atoms with Crippen LogP contribution >= 0.6 is 11.6 Å². The smallest absolute Gasteiger partial charge is 0.228 e. The van der Waals surface area contributed by atoms with Crippen molar-refractivity contribution in [2.45, 2.75) is 31.8 Å². The van der Waals surface area contributed by atoms with Gasteiger partial charge in [-0.05, 0) is 31.4 Å². The molecule has 0 unspecified atom stereocenters. The molecule has 1 saturated heterocycles. The second-order valence-electron chi connectivity index (χ2n) is 6.00. The highest BCUT2D eigenvalue weighted by Gasteiger charge is 2.37. The van der Waals surface area contributed by atoms with Gasteiger partial charge in [-0.3, -0.25) is 4.79 Å². The number of carbonyl (C=O) groups is 1. The van der Waals surface area contributed by atoms with Gasteiger partial charge in [-0.15, -0.1) is 0 Å². The van der Waals surface area contributed by atoms with Gasteiger partial charge in [0.1, 0.15) is 5.82 Å². The Morgan fingerprint density at radius 1 is 1.48 bits per heavy atom. The highest BCUT2D eigenvalue weighted by Crippen LogP contribution is 2.26. The van der Waals surface area contributed by atoms with Crippen LogP contribution < -0.4 is 5.73 Å². The predicted octanol–water partition coefficient (Wildman–Crippen LogP) is 2.10. The summed E-state index contributed by atoms with van der Waals surface area (Å²) in [7, 11) is 3.27. The van der Waals surface area contributed by atoms with Gasteiger partial charge in [-0.1, -0.05) is 17.7 Å². The van der Waals surface area contributed by atoms with Crippen LogP contribution in [-0.4, -0.2) is 48.8 Å². The fraction of sp³-hybridized carbons (Fsp3) is 0.562. The number of benzene rings is 1. The van der Waals surface area contributed by atoms with E-state index in [4.69, 9.17) is 22.2 Å². The molecule has 1 fully saturated rings. The Kier molecular flexibility index (Phi) is 5.62. The molecule has 5 nitrogen and oxygen atoms in total. The van der Waals surface area contributed by atoms with Crippen molar-refractivity contribution in [2.75, 3.05) is 27.2 Å². The van der Waals surface area contributed by atoms with E-state index in [0.717, 1.165) is 0 Å². The lowest BCUT2D eigenvalue weighted by atomic mass is 9.96. The monoisotopic (exact) mass is 343 g/mol. The average Bonchev–Trinajstić information content (AvgIpc) is 2.55. The Labute approximate surface area is 141 Å². The van der Waals surface area contributed by atoms with Gasteiger partial charge in [0.15, 0.2) is 0 Å². The first-order valence-corrected chi connectivity index (χ1v) is 7.94. The summed E-state index contributed by atoms with van der Waals surface area (Å²) in [6, 6.07) is 3.21. The molecule has 0 saturated carbocycles. The van der Waals surface area contributed by atoms with Crippen molar-refractivity contribution in [3.05, 3.63) is 34.1 Å². The molecule has 0 spiro atoms. The molecular weight excluding hydrogens is 321 g/mol. The van der Waals surface area contributed by atoms with E-state index in [0.29, 0.717) is 31.5 Å². The topological polar surface area (TPSA) is 58.8 Å². The van der Waals surface area contributed by atoms with Gasteiger partial charge in [-0.2, -0.15) is 5.06 Å². The molecular formula is C16H23ClFN3O2. The molecule has 1 aromatic carbocycles. The minimum atomic E-state index is -0.751. The molecule has 1 aliphatic heterocycles. The third-order valence-corrected chi connectivity index (χ3v) is 4.95. The van der Waals surface area contributed by atoms with Gasteiger partial charge in [-0.25, -0.2) is 4.39 Å². The number of hydroxylamine groups is 2. The van der Waals surface area contributed by atoms with Crippen molar-refractivity contribution in [2.24, 2.45) is 5.73 Å². The summed E-state index contributed by atoms with van der Waals surface area (Å²) in [5, 5.41) is 2.07. The molecule has 7 heteroatoms. The van der Waals surface area contributed by atoms with E-state index in [1.165, 1.54) is 4.90 Å². The molecule has 1 aliphatic rings. The minimum absolute atomic E-state index is 0.101. The molecule has 0 atom stereocenters. The van der Waals surface area contributed by atoms with Crippen molar-refractivity contribution in [1.82, 2.24) is 9.96 Å². The Morgan fingerprint density at radius 3 is 2.65 bits per heavy atom. The van der Waals surface area contributed by atoms with Crippen LogP contribution in [0.25, 0.3) is 0 Å². The number of carbonyl (C=O) groups excluding carboxylic acids is 1. The zero-order valence-electron chi connectivity index (χ0n) is 13.7. The largest absolute Gasteiger partial charge is 0.327 e. The van der Waals surface area contributed by atoms with Gasteiger partial charge < -0.3 is 15.5 Å². The molecule has 2 N–H and O–H groups in total. The number of hydrogen-bond donors (Lipinski definition) is 1. The van der Waals surface area contributed by atoms with Crippen LogP contribution in [0.5, 0.6) is 0 Å². The van der Waals surface area contributed by atoms with Crippen molar-refractivity contribution in [3.63, 3.8) is 0 Å². The maximum Gasteiger partial charge on any atom is 0.228 e. The molecule has 23 heavy (non-hydrogen) atoms. The number of rotatable bonds is 4. The van der Waals surface area contributed by atoms with Gasteiger partial charge in [0.25, 0.3) is 0 Å². The van der Waals surface area contributed by atoms with Crippen LogP contribution in [0, 0.1) is 12.7 Å². The Hall–Kier alpha value is -1.21. The lowest BCUT2D eigenvalue weighted by Gasteiger charge is -2.44. The van der Waals surface area contributed by atoms with E-state index >= 15 is 0 Å². The van der Waals surface area contributed by atoms with E-state index in [1.54, 1.807) is 38.3 Å². The van der Waals surface area contributed by atoms with E-state index in [9.17, 15) is 9.18 Å². The maximum absolute atomic E-state index is 14.2. The second-order valence-corrected chi connectivity index (χ2v) is 6.41. The van der Waals surface area contributed by atoms with Crippen molar-refractivity contribution in [1.29, 1.82) is 0 Å². The summed E-state index contributed by atoms with van der Waals surface area (Å²) in [6.07, 6.45) is 1.08. The molecule has 128 valence electrons. The summed E-state index contributed by atoms with van der Waals surface area (Å²) in [5.41, 5.74) is 6.32. The number of amides is 1. The summed E-state index contributed by atoms with van der Waals surface area (Å²) < 4.78 is 14.2. The standard InChI is InChI=1S/C16H23ClFN3O2/c1-11-4-5-13(17)12(15(11)18)10-14(22)20(2)16(19)6-8-21(23-3)9-7-16/h4-5H,6-10,19H2,1-3H3. The third kappa shape index (κ3) is 3.83. The van der Waals surface area contributed by atoms with Crippen molar-refractivity contribution >= 4 is 17.5 Å². The summed E-state index contributed by atoms with van der Waals surface area (Å²) in [5.74, 6) is -0.677. The lowest BCUT2D eigenvalue weighted by Crippen LogP contribution is -2.61. The first kappa shape index (κ1) is 18.1. The molecule has 0 aliphatic carbocycles. The Bertz CT molecular complexity index is 589. The molecule has 1 amide bonds. The third-order valence-electron chi connectivity index (χ3n) is 4.60. The Morgan fingerprint density at radius 2 is 2.09 bits per heavy atom. The summed E-state index contributed by atoms with van der Waals surface area (Å²) in [6.45, 7) is 2.93. The zero-order valence-corrected chi connectivity index (χ0v) is 14.5. The second kappa shape index (κ2) is 7.13. The van der Waals surface area contributed by atoms with E-state index < -0.39 is 11.5 Å². The molecule has 0 bridgehead atoms. The number of nitrogens with two attached hydrogens (primary N) is 1. The number of likely N-dealkylation sites (N-methyl/N-ethyl adjacent to an activating group) is 1. The average molecular weight is 344 g/mol. The quantitative estimate of drug-likeness (QED) is 0.851. The minimum Gasteiger partial charge on any atom is -0.327 e. The predicted molar refractivity (Wildman–Crippen MR) is 87.4 cm³/mol. The SMILES string of the molecule is CON1CCC(N)(N(C)C(=O)Cc2c(Cl)ccc(C)c2F)CC1. The first-order valence-electron chi connectivity index (χ1n) is 7.56. The summed E-state index contributed by atoms with van der Waals surface area (Å²) >= 11 is 6.04. The van der Waals surface area contributed by atoms with Crippen LogP contribution in [0.4, 0.5) is 4.39 Å². The number of aryl methyl sites for hydroxylation is 1. The van der Waals surface area contributed by atoms with Gasteiger partial charge in [0.05, 0.1) is 19.2 Å². The van der Waals surface area contributed by atoms with E-state index in [-0.39, 0.29) is 22.9 Å². The molecule has 0 radical (unpaired) electrons. The molecule has 0 aromatic heterocycles. The summed E-state index contributed by atoms with van der Waals surface area (Å²) in [4.78, 5) is 19.2. The highest BCUT2D eigenvalue weighted by atomic mass is 35.5. The van der Waals surface area contributed by atoms with Gasteiger partial charge >= 0.3 is 0 Å². The number of piperidine rings is 1. The van der Waals surface area contributed by atoms with Crippen LogP contribution in [0.15, 0.2) is 12.1 Å². The van der Waals surface area contributed by atoms with Crippen LogP contribution in [0.1, 0.15) is 24.0 Å². The van der Waals surface area contributed by atoms with Gasteiger partial charge in [0, 0.05) is 30.7 Å². The van der Waals surface area contributed by atoms with E-state index in [1.807, 2.05) is 0 Å².